The average Bonchev–Trinajstić information content (AvgIpc) is 3.11. The minimum absolute atomic E-state index is 0.185. The second-order valence-corrected chi connectivity index (χ2v) is 7.34. The summed E-state index contributed by atoms with van der Waals surface area (Å²) in [4.78, 5) is 30.3. The minimum Gasteiger partial charge on any atom is -0.436 e. The normalized spacial score (nSPS) is 11.0. The average molecular weight is 425 g/mol. The highest BCUT2D eigenvalue weighted by Gasteiger charge is 2.19. The Labute approximate surface area is 182 Å². The summed E-state index contributed by atoms with van der Waals surface area (Å²) in [5.74, 6) is 0.394. The van der Waals surface area contributed by atoms with Crippen LogP contribution < -0.4 is 15.7 Å². The molecule has 32 heavy (non-hydrogen) atoms. The van der Waals surface area contributed by atoms with E-state index < -0.39 is 5.69 Å². The maximum atomic E-state index is 13.2. The Balaban J connectivity index is 1.56. The number of nitrogens with zero attached hydrogens (tertiary/aromatic N) is 4. The molecule has 158 valence electrons. The highest BCUT2D eigenvalue weighted by Crippen LogP contribution is 2.25. The van der Waals surface area contributed by atoms with Gasteiger partial charge in [0.1, 0.15) is 12.3 Å². The predicted octanol–water partition coefficient (Wildman–Crippen LogP) is 3.78. The van der Waals surface area contributed by atoms with Crippen molar-refractivity contribution in [1.29, 1.82) is 0 Å². The van der Waals surface area contributed by atoms with Crippen LogP contribution in [0.1, 0.15) is 5.56 Å². The van der Waals surface area contributed by atoms with E-state index in [1.165, 1.54) is 4.40 Å². The van der Waals surface area contributed by atoms with Gasteiger partial charge in [-0.25, -0.2) is 18.9 Å². The second kappa shape index (κ2) is 7.99. The first-order valence-electron chi connectivity index (χ1n) is 10.1. The molecule has 0 aliphatic carbocycles. The van der Waals surface area contributed by atoms with E-state index in [0.717, 1.165) is 10.2 Å². The van der Waals surface area contributed by atoms with E-state index in [-0.39, 0.29) is 24.0 Å². The van der Waals surface area contributed by atoms with Gasteiger partial charge in [-0.15, -0.1) is 5.10 Å². The number of para-hydroxylation sites is 3. The van der Waals surface area contributed by atoms with Crippen molar-refractivity contribution in [2.75, 3.05) is 5.32 Å². The molecule has 0 aliphatic rings. The number of aryl methyl sites for hydroxylation is 1. The molecule has 0 radical (unpaired) electrons. The van der Waals surface area contributed by atoms with Crippen LogP contribution in [-0.4, -0.2) is 25.1 Å². The van der Waals surface area contributed by atoms with E-state index in [9.17, 15) is 9.59 Å². The zero-order chi connectivity index (χ0) is 22.1. The lowest BCUT2D eigenvalue weighted by Crippen LogP contribution is -2.28. The van der Waals surface area contributed by atoms with Crippen molar-refractivity contribution in [3.63, 3.8) is 0 Å². The van der Waals surface area contributed by atoms with Crippen LogP contribution in [0.5, 0.6) is 11.6 Å². The standard InChI is InChI=1S/C24H19N5O3/c1-16-8-7-9-17(14-16)25-21(30)15-28-24(31)29-20-13-6-5-12-19(20)26-23(22(29)27-28)32-18-10-3-2-4-11-18/h2-14H,15H2,1H3,(H,25,30). The zero-order valence-corrected chi connectivity index (χ0v) is 17.2. The first-order valence-corrected chi connectivity index (χ1v) is 10.1. The van der Waals surface area contributed by atoms with Gasteiger partial charge in [0.05, 0.1) is 11.0 Å². The van der Waals surface area contributed by atoms with Crippen LogP contribution >= 0.6 is 0 Å². The van der Waals surface area contributed by atoms with Crippen LogP contribution in [0.4, 0.5) is 5.69 Å². The van der Waals surface area contributed by atoms with Gasteiger partial charge in [0, 0.05) is 5.69 Å². The maximum absolute atomic E-state index is 13.2. The van der Waals surface area contributed by atoms with E-state index in [1.54, 1.807) is 30.3 Å². The number of benzene rings is 3. The smallest absolute Gasteiger partial charge is 0.351 e. The van der Waals surface area contributed by atoms with Gasteiger partial charge < -0.3 is 10.1 Å². The highest BCUT2D eigenvalue weighted by atomic mass is 16.5. The van der Waals surface area contributed by atoms with E-state index in [2.05, 4.69) is 15.4 Å². The lowest BCUT2D eigenvalue weighted by Gasteiger charge is -2.07. The second-order valence-electron chi connectivity index (χ2n) is 7.34. The molecule has 5 rings (SSSR count). The van der Waals surface area contributed by atoms with Crippen molar-refractivity contribution in [2.24, 2.45) is 0 Å². The fraction of sp³-hybridized carbons (Fsp3) is 0.0833. The number of anilines is 1. The summed E-state index contributed by atoms with van der Waals surface area (Å²) in [6.45, 7) is 1.70. The summed E-state index contributed by atoms with van der Waals surface area (Å²) in [5.41, 5.74) is 2.63. The molecule has 0 saturated heterocycles. The summed E-state index contributed by atoms with van der Waals surface area (Å²) in [5, 5.41) is 7.18. The van der Waals surface area contributed by atoms with Crippen LogP contribution in [-0.2, 0) is 11.3 Å². The lowest BCUT2D eigenvalue weighted by atomic mass is 10.2. The van der Waals surface area contributed by atoms with Gasteiger partial charge >= 0.3 is 5.69 Å². The van der Waals surface area contributed by atoms with Gasteiger partial charge in [0.15, 0.2) is 0 Å². The molecule has 0 unspecified atom stereocenters. The monoisotopic (exact) mass is 425 g/mol. The highest BCUT2D eigenvalue weighted by molar-refractivity contribution is 5.90. The molecule has 0 atom stereocenters. The lowest BCUT2D eigenvalue weighted by molar-refractivity contribution is -0.117. The zero-order valence-electron chi connectivity index (χ0n) is 17.2. The Morgan fingerprint density at radius 2 is 1.78 bits per heavy atom. The van der Waals surface area contributed by atoms with E-state index >= 15 is 0 Å². The summed E-state index contributed by atoms with van der Waals surface area (Å²) < 4.78 is 8.47. The predicted molar refractivity (Wildman–Crippen MR) is 121 cm³/mol. The molecule has 8 heteroatoms. The van der Waals surface area contributed by atoms with Crippen LogP contribution in [0.15, 0.2) is 83.7 Å². The molecule has 3 aromatic carbocycles. The Bertz CT molecular complexity index is 1510. The largest absolute Gasteiger partial charge is 0.436 e. The topological polar surface area (TPSA) is 90.5 Å². The van der Waals surface area contributed by atoms with Crippen molar-refractivity contribution >= 4 is 28.3 Å². The molecule has 8 nitrogen and oxygen atoms in total. The molecular weight excluding hydrogens is 406 g/mol. The van der Waals surface area contributed by atoms with Crippen molar-refractivity contribution in [3.8, 4) is 11.6 Å². The number of aromatic nitrogens is 4. The van der Waals surface area contributed by atoms with Gasteiger partial charge in [0.2, 0.25) is 11.6 Å². The third-order valence-corrected chi connectivity index (χ3v) is 4.93. The van der Waals surface area contributed by atoms with Crippen molar-refractivity contribution in [3.05, 3.63) is 94.9 Å². The Hall–Kier alpha value is -4.46. The molecule has 2 aromatic heterocycles. The number of hydrogen-bond donors (Lipinski definition) is 1. The van der Waals surface area contributed by atoms with Gasteiger partial charge in [-0.05, 0) is 48.9 Å². The van der Waals surface area contributed by atoms with E-state index in [4.69, 9.17) is 4.74 Å². The maximum Gasteiger partial charge on any atom is 0.351 e. The third kappa shape index (κ3) is 3.69. The van der Waals surface area contributed by atoms with Crippen molar-refractivity contribution < 1.29 is 9.53 Å². The van der Waals surface area contributed by atoms with Gasteiger partial charge in [-0.3, -0.25) is 4.79 Å². The molecule has 0 spiro atoms. The van der Waals surface area contributed by atoms with Gasteiger partial charge in [-0.1, -0.05) is 42.5 Å². The fourth-order valence-corrected chi connectivity index (χ4v) is 3.50. The third-order valence-electron chi connectivity index (χ3n) is 4.93. The first kappa shape index (κ1) is 19.5. The molecule has 2 heterocycles. The van der Waals surface area contributed by atoms with E-state index in [1.807, 2.05) is 55.5 Å². The van der Waals surface area contributed by atoms with Crippen LogP contribution in [0, 0.1) is 6.92 Å². The number of nitrogens with one attached hydrogen (secondary N) is 1. The van der Waals surface area contributed by atoms with E-state index in [0.29, 0.717) is 22.5 Å². The molecule has 0 bridgehead atoms. The first-order chi connectivity index (χ1) is 15.6. The number of carbonyl (C=O) groups is 1. The molecule has 5 aromatic rings. The summed E-state index contributed by atoms with van der Waals surface area (Å²) in [6, 6.07) is 23.8. The number of carbonyl (C=O) groups excluding carboxylic acids is 1. The molecule has 1 amide bonds. The Morgan fingerprint density at radius 1 is 1.00 bits per heavy atom. The van der Waals surface area contributed by atoms with Crippen LogP contribution in [0.25, 0.3) is 16.7 Å². The molecule has 0 fully saturated rings. The fourth-order valence-electron chi connectivity index (χ4n) is 3.50. The Kier molecular flexibility index (Phi) is 4.87. The minimum atomic E-state index is -0.448. The summed E-state index contributed by atoms with van der Waals surface area (Å²) >= 11 is 0. The quantitative estimate of drug-likeness (QED) is 0.463. The number of hydrogen-bond acceptors (Lipinski definition) is 5. The molecule has 0 saturated carbocycles. The molecule has 0 aliphatic heterocycles. The number of ether oxygens (including phenoxy) is 1. The number of rotatable bonds is 5. The molecule has 1 N–H and O–H groups in total. The molecular formula is C24H19N5O3. The summed E-state index contributed by atoms with van der Waals surface area (Å²) in [7, 11) is 0. The number of fused-ring (bicyclic) bond motifs is 3. The van der Waals surface area contributed by atoms with Crippen LogP contribution in [0.3, 0.4) is 0 Å². The Morgan fingerprint density at radius 3 is 2.59 bits per heavy atom. The van der Waals surface area contributed by atoms with Gasteiger partial charge in [0.25, 0.3) is 5.88 Å². The summed E-state index contributed by atoms with van der Waals surface area (Å²) in [6.07, 6.45) is 0. The van der Waals surface area contributed by atoms with Crippen LogP contribution in [0.2, 0.25) is 0 Å². The SMILES string of the molecule is Cc1cccc(NC(=O)Cn2nc3c(Oc4ccccc4)nc4ccccc4n3c2=O)c1. The number of amides is 1. The van der Waals surface area contributed by atoms with Crippen molar-refractivity contribution in [2.45, 2.75) is 13.5 Å². The van der Waals surface area contributed by atoms with Gasteiger partial charge in [-0.2, -0.15) is 0 Å². The van der Waals surface area contributed by atoms with Crippen molar-refractivity contribution in [1.82, 2.24) is 19.2 Å².